The summed E-state index contributed by atoms with van der Waals surface area (Å²) in [4.78, 5) is 2.32. The molecule has 2 rings (SSSR count). The van der Waals surface area contributed by atoms with E-state index in [0.717, 1.165) is 25.9 Å². The van der Waals surface area contributed by atoms with Gasteiger partial charge in [0.2, 0.25) is 0 Å². The Bertz CT molecular complexity index is 694. The normalized spacial score (nSPS) is 14.2. The molecule has 0 bridgehead atoms. The SMILES string of the molecule is CCCCCCCCCCCCC[C@H](O)C[C@@H](O)[C@H](C)N(Cc1ccccc1)Cc1ccccc1. The van der Waals surface area contributed by atoms with Crippen molar-refractivity contribution >= 4 is 0 Å². The molecule has 0 fully saturated rings. The van der Waals surface area contributed by atoms with E-state index in [4.69, 9.17) is 0 Å². The highest BCUT2D eigenvalue weighted by Crippen LogP contribution is 2.20. The maximum atomic E-state index is 11.0. The van der Waals surface area contributed by atoms with Crippen LogP contribution in [-0.2, 0) is 13.1 Å². The molecule has 0 aliphatic heterocycles. The second-order valence-electron chi connectivity index (χ2n) is 10.4. The molecule has 0 spiro atoms. The summed E-state index contributed by atoms with van der Waals surface area (Å²) in [6.45, 7) is 5.92. The minimum Gasteiger partial charge on any atom is -0.393 e. The Morgan fingerprint density at radius 1 is 0.629 bits per heavy atom. The van der Waals surface area contributed by atoms with Gasteiger partial charge in [-0.25, -0.2) is 0 Å². The van der Waals surface area contributed by atoms with Crippen LogP contribution in [0.1, 0.15) is 108 Å². The highest BCUT2D eigenvalue weighted by Gasteiger charge is 2.24. The molecule has 0 amide bonds. The summed E-state index contributed by atoms with van der Waals surface area (Å²) in [6, 6.07) is 20.8. The summed E-state index contributed by atoms with van der Waals surface area (Å²) < 4.78 is 0. The largest absolute Gasteiger partial charge is 0.393 e. The predicted molar refractivity (Wildman–Crippen MR) is 149 cm³/mol. The number of aliphatic hydroxyl groups is 2. The van der Waals surface area contributed by atoms with E-state index in [0.29, 0.717) is 6.42 Å². The van der Waals surface area contributed by atoms with Gasteiger partial charge in [-0.3, -0.25) is 4.90 Å². The average Bonchev–Trinajstić information content (AvgIpc) is 2.87. The lowest BCUT2D eigenvalue weighted by Crippen LogP contribution is -2.42. The van der Waals surface area contributed by atoms with Gasteiger partial charge in [-0.15, -0.1) is 0 Å². The number of nitrogens with zero attached hydrogens (tertiary/aromatic N) is 1. The van der Waals surface area contributed by atoms with Crippen molar-refractivity contribution < 1.29 is 10.2 Å². The smallest absolute Gasteiger partial charge is 0.0717 e. The van der Waals surface area contributed by atoms with Crippen LogP contribution >= 0.6 is 0 Å². The monoisotopic (exact) mass is 481 g/mol. The van der Waals surface area contributed by atoms with Crippen molar-refractivity contribution in [3.8, 4) is 0 Å². The summed E-state index contributed by atoms with van der Waals surface area (Å²) in [7, 11) is 0. The molecule has 3 nitrogen and oxygen atoms in total. The summed E-state index contributed by atoms with van der Waals surface area (Å²) in [5, 5.41) is 21.6. The Labute approximate surface area is 215 Å². The molecular formula is C32H51NO2. The van der Waals surface area contributed by atoms with Crippen LogP contribution in [0, 0.1) is 0 Å². The van der Waals surface area contributed by atoms with E-state index in [2.05, 4.69) is 67.3 Å². The van der Waals surface area contributed by atoms with Crippen LogP contribution < -0.4 is 0 Å². The zero-order valence-corrected chi connectivity index (χ0v) is 22.5. The molecule has 0 unspecified atom stereocenters. The number of unbranched alkanes of at least 4 members (excludes halogenated alkanes) is 10. The summed E-state index contributed by atoms with van der Waals surface area (Å²) in [6.07, 6.45) is 14.7. The van der Waals surface area contributed by atoms with Crippen LogP contribution in [-0.4, -0.2) is 33.4 Å². The number of hydrogen-bond acceptors (Lipinski definition) is 3. The number of benzene rings is 2. The third-order valence-corrected chi connectivity index (χ3v) is 7.24. The lowest BCUT2D eigenvalue weighted by molar-refractivity contribution is 0.00974. The summed E-state index contributed by atoms with van der Waals surface area (Å²) in [5.41, 5.74) is 2.48. The first kappa shape index (κ1) is 29.5. The van der Waals surface area contributed by atoms with Crippen molar-refractivity contribution in [1.29, 1.82) is 0 Å². The van der Waals surface area contributed by atoms with Crippen molar-refractivity contribution in [2.45, 2.75) is 129 Å². The van der Waals surface area contributed by atoms with Crippen LogP contribution in [0.25, 0.3) is 0 Å². The third-order valence-electron chi connectivity index (χ3n) is 7.24. The first-order valence-electron chi connectivity index (χ1n) is 14.3. The zero-order valence-electron chi connectivity index (χ0n) is 22.5. The molecule has 2 aromatic rings. The van der Waals surface area contributed by atoms with Crippen LogP contribution in [0.2, 0.25) is 0 Å². The average molecular weight is 482 g/mol. The summed E-state index contributed by atoms with van der Waals surface area (Å²) in [5.74, 6) is 0. The van der Waals surface area contributed by atoms with E-state index in [1.54, 1.807) is 0 Å². The third kappa shape index (κ3) is 13.3. The van der Waals surface area contributed by atoms with Crippen molar-refractivity contribution in [3.05, 3.63) is 71.8 Å². The maximum Gasteiger partial charge on any atom is 0.0717 e. The molecule has 0 saturated heterocycles. The van der Waals surface area contributed by atoms with Gasteiger partial charge in [0.25, 0.3) is 0 Å². The topological polar surface area (TPSA) is 43.7 Å². The van der Waals surface area contributed by atoms with E-state index in [9.17, 15) is 10.2 Å². The molecule has 3 heteroatoms. The number of aliphatic hydroxyl groups excluding tert-OH is 2. The van der Waals surface area contributed by atoms with Gasteiger partial charge in [0, 0.05) is 25.6 Å². The van der Waals surface area contributed by atoms with Gasteiger partial charge in [0.15, 0.2) is 0 Å². The van der Waals surface area contributed by atoms with Gasteiger partial charge < -0.3 is 10.2 Å². The van der Waals surface area contributed by atoms with Crippen molar-refractivity contribution in [1.82, 2.24) is 4.90 Å². The fourth-order valence-corrected chi connectivity index (χ4v) is 4.86. The number of rotatable bonds is 20. The molecule has 196 valence electrons. The Balaban J connectivity index is 1.69. The molecule has 0 heterocycles. The molecule has 2 aromatic carbocycles. The van der Waals surface area contributed by atoms with E-state index in [-0.39, 0.29) is 6.04 Å². The Morgan fingerprint density at radius 3 is 1.51 bits per heavy atom. The Kier molecular flexibility index (Phi) is 15.7. The van der Waals surface area contributed by atoms with Crippen molar-refractivity contribution in [3.63, 3.8) is 0 Å². The van der Waals surface area contributed by atoms with Gasteiger partial charge in [-0.05, 0) is 24.5 Å². The van der Waals surface area contributed by atoms with E-state index < -0.39 is 12.2 Å². The first-order valence-corrected chi connectivity index (χ1v) is 14.3. The minimum absolute atomic E-state index is 0.0395. The van der Waals surface area contributed by atoms with E-state index in [1.165, 1.54) is 75.3 Å². The second kappa shape index (κ2) is 18.6. The maximum absolute atomic E-state index is 11.0. The van der Waals surface area contributed by atoms with Crippen LogP contribution in [0.4, 0.5) is 0 Å². The molecule has 0 radical (unpaired) electrons. The highest BCUT2D eigenvalue weighted by atomic mass is 16.3. The van der Waals surface area contributed by atoms with Crippen LogP contribution in [0.3, 0.4) is 0 Å². The lowest BCUT2D eigenvalue weighted by Gasteiger charge is -2.33. The second-order valence-corrected chi connectivity index (χ2v) is 10.4. The first-order chi connectivity index (χ1) is 17.1. The molecule has 0 aliphatic carbocycles. The highest BCUT2D eigenvalue weighted by molar-refractivity contribution is 5.17. The van der Waals surface area contributed by atoms with Crippen LogP contribution in [0.5, 0.6) is 0 Å². The van der Waals surface area contributed by atoms with Gasteiger partial charge in [0.05, 0.1) is 12.2 Å². The Hall–Kier alpha value is -1.68. The van der Waals surface area contributed by atoms with Gasteiger partial charge in [-0.2, -0.15) is 0 Å². The van der Waals surface area contributed by atoms with Crippen molar-refractivity contribution in [2.75, 3.05) is 0 Å². The quantitative estimate of drug-likeness (QED) is 0.189. The molecule has 0 aromatic heterocycles. The molecule has 0 aliphatic rings. The predicted octanol–water partition coefficient (Wildman–Crippen LogP) is 7.89. The number of hydrogen-bond donors (Lipinski definition) is 2. The Morgan fingerprint density at radius 2 is 1.06 bits per heavy atom. The lowest BCUT2D eigenvalue weighted by atomic mass is 9.98. The molecular weight excluding hydrogens is 430 g/mol. The molecule has 2 N–H and O–H groups in total. The molecule has 0 saturated carbocycles. The molecule has 35 heavy (non-hydrogen) atoms. The van der Waals surface area contributed by atoms with E-state index >= 15 is 0 Å². The van der Waals surface area contributed by atoms with E-state index in [1.807, 2.05) is 12.1 Å². The van der Waals surface area contributed by atoms with Gasteiger partial charge in [-0.1, -0.05) is 138 Å². The minimum atomic E-state index is -0.551. The van der Waals surface area contributed by atoms with Gasteiger partial charge in [0.1, 0.15) is 0 Å². The fourth-order valence-electron chi connectivity index (χ4n) is 4.86. The zero-order chi connectivity index (χ0) is 25.1. The van der Waals surface area contributed by atoms with Crippen molar-refractivity contribution in [2.24, 2.45) is 0 Å². The standard InChI is InChI=1S/C32H51NO2/c1-3-4-5-6-7-8-9-10-11-12-19-24-31(34)25-32(35)28(2)33(26-29-20-15-13-16-21-29)27-30-22-17-14-18-23-30/h13-18,20-23,28,31-32,34-35H,3-12,19,24-27H2,1-2H3/t28-,31-,32+/m0/s1. The summed E-state index contributed by atoms with van der Waals surface area (Å²) >= 11 is 0. The van der Waals surface area contributed by atoms with Gasteiger partial charge >= 0.3 is 0 Å². The van der Waals surface area contributed by atoms with Crippen LogP contribution in [0.15, 0.2) is 60.7 Å². The fraction of sp³-hybridized carbons (Fsp3) is 0.625. The molecule has 3 atom stereocenters.